The Kier molecular flexibility index (Phi) is 3.27. The van der Waals surface area contributed by atoms with Gasteiger partial charge in [-0.05, 0) is 12.1 Å². The molecule has 0 unspecified atom stereocenters. The number of methoxy groups -OCH3 is 2. The molecule has 0 fully saturated rings. The first kappa shape index (κ1) is 12.1. The number of hydrogen-bond acceptors (Lipinski definition) is 4. The van der Waals surface area contributed by atoms with Gasteiger partial charge in [0, 0.05) is 17.6 Å². The van der Waals surface area contributed by atoms with Crippen molar-refractivity contribution in [1.29, 1.82) is 0 Å². The van der Waals surface area contributed by atoms with Crippen molar-refractivity contribution in [3.05, 3.63) is 24.4 Å². The molecule has 0 aliphatic rings. The van der Waals surface area contributed by atoms with E-state index in [1.807, 2.05) is 24.4 Å². The first-order valence-corrected chi connectivity index (χ1v) is 5.41. The van der Waals surface area contributed by atoms with Gasteiger partial charge in [0.25, 0.3) is 0 Å². The minimum atomic E-state index is -0.419. The van der Waals surface area contributed by atoms with Crippen molar-refractivity contribution in [2.45, 2.75) is 0 Å². The highest BCUT2D eigenvalue weighted by Gasteiger charge is 2.09. The maximum atomic E-state index is 10.8. The number of benzene rings is 1. The van der Waals surface area contributed by atoms with Gasteiger partial charge in [-0.1, -0.05) is 0 Å². The van der Waals surface area contributed by atoms with Crippen LogP contribution in [-0.4, -0.2) is 31.3 Å². The van der Waals surface area contributed by atoms with Gasteiger partial charge in [0.15, 0.2) is 11.5 Å². The molecular formula is C12H15N3O3. The molecule has 1 heterocycles. The molecule has 96 valence electrons. The average molecular weight is 249 g/mol. The lowest BCUT2D eigenvalue weighted by Gasteiger charge is -2.10. The molecule has 0 radical (unpaired) electrons. The predicted molar refractivity (Wildman–Crippen MR) is 68.5 cm³/mol. The third-order valence-corrected chi connectivity index (χ3v) is 2.62. The number of ether oxygens (including phenoxy) is 2. The molecule has 0 bridgehead atoms. The molecule has 0 aliphatic carbocycles. The number of fused-ring (bicyclic) bond motifs is 1. The smallest absolute Gasteiger partial charge is 0.238 e. The standard InChI is InChI=1S/C12H15N3O3/c1-17-10-5-8-3-4-15(14-7-12(13)16)9(8)6-11(10)18-2/h3-6,14H,7H2,1-2H3,(H2,13,16). The van der Waals surface area contributed by atoms with Crippen molar-refractivity contribution in [3.8, 4) is 11.5 Å². The topological polar surface area (TPSA) is 78.5 Å². The molecule has 6 heteroatoms. The Bertz CT molecular complexity index is 577. The van der Waals surface area contributed by atoms with E-state index in [2.05, 4.69) is 5.43 Å². The van der Waals surface area contributed by atoms with Crippen LogP contribution in [0, 0.1) is 0 Å². The quantitative estimate of drug-likeness (QED) is 0.817. The lowest BCUT2D eigenvalue weighted by molar-refractivity contribution is -0.116. The predicted octanol–water partition coefficient (Wildman–Crippen LogP) is 0.687. The molecule has 2 aromatic rings. The van der Waals surface area contributed by atoms with Crippen LogP contribution >= 0.6 is 0 Å². The first-order chi connectivity index (χ1) is 8.65. The van der Waals surface area contributed by atoms with Gasteiger partial charge < -0.3 is 20.6 Å². The van der Waals surface area contributed by atoms with E-state index in [9.17, 15) is 4.79 Å². The Morgan fingerprint density at radius 2 is 2.00 bits per heavy atom. The number of aromatic nitrogens is 1. The van der Waals surface area contributed by atoms with Gasteiger partial charge in [-0.3, -0.25) is 9.47 Å². The number of carbonyl (C=O) groups excluding carboxylic acids is 1. The fraction of sp³-hybridized carbons (Fsp3) is 0.250. The van der Waals surface area contributed by atoms with Gasteiger partial charge in [-0.2, -0.15) is 0 Å². The molecule has 0 spiro atoms. The highest BCUT2D eigenvalue weighted by molar-refractivity contribution is 5.85. The largest absolute Gasteiger partial charge is 0.493 e. The van der Waals surface area contributed by atoms with E-state index in [0.29, 0.717) is 11.5 Å². The Balaban J connectivity index is 2.42. The summed E-state index contributed by atoms with van der Waals surface area (Å²) in [5, 5.41) is 0.977. The average Bonchev–Trinajstić information content (AvgIpc) is 2.76. The van der Waals surface area contributed by atoms with Crippen LogP contribution in [0.2, 0.25) is 0 Å². The number of nitrogens with two attached hydrogens (primary N) is 1. The third-order valence-electron chi connectivity index (χ3n) is 2.62. The first-order valence-electron chi connectivity index (χ1n) is 5.41. The van der Waals surface area contributed by atoms with Gasteiger partial charge in [0.05, 0.1) is 19.7 Å². The van der Waals surface area contributed by atoms with E-state index in [1.165, 1.54) is 0 Å². The molecule has 1 aromatic heterocycles. The van der Waals surface area contributed by atoms with E-state index < -0.39 is 5.91 Å². The van der Waals surface area contributed by atoms with Crippen molar-refractivity contribution in [2.24, 2.45) is 5.73 Å². The Morgan fingerprint density at radius 3 is 2.61 bits per heavy atom. The Hall–Kier alpha value is -2.37. The number of hydrogen-bond donors (Lipinski definition) is 2. The Labute approximate surface area is 104 Å². The van der Waals surface area contributed by atoms with Crippen LogP contribution in [0.1, 0.15) is 0 Å². The molecule has 1 aromatic carbocycles. The van der Waals surface area contributed by atoms with Gasteiger partial charge in [-0.25, -0.2) is 0 Å². The van der Waals surface area contributed by atoms with Crippen LogP contribution in [0.25, 0.3) is 10.9 Å². The molecule has 1 amide bonds. The van der Waals surface area contributed by atoms with Gasteiger partial charge in [-0.15, -0.1) is 0 Å². The lowest BCUT2D eigenvalue weighted by Crippen LogP contribution is -2.27. The summed E-state index contributed by atoms with van der Waals surface area (Å²) in [6.07, 6.45) is 1.81. The summed E-state index contributed by atoms with van der Waals surface area (Å²) in [4.78, 5) is 10.8. The monoisotopic (exact) mass is 249 g/mol. The highest BCUT2D eigenvalue weighted by atomic mass is 16.5. The van der Waals surface area contributed by atoms with Crippen LogP contribution in [0.3, 0.4) is 0 Å². The van der Waals surface area contributed by atoms with Gasteiger partial charge >= 0.3 is 0 Å². The fourth-order valence-corrected chi connectivity index (χ4v) is 1.76. The van der Waals surface area contributed by atoms with E-state index in [4.69, 9.17) is 15.2 Å². The maximum absolute atomic E-state index is 10.8. The number of nitrogens with zero attached hydrogens (tertiary/aromatic N) is 1. The second-order valence-corrected chi connectivity index (χ2v) is 3.75. The molecule has 2 rings (SSSR count). The Morgan fingerprint density at radius 1 is 1.33 bits per heavy atom. The van der Waals surface area contributed by atoms with E-state index in [1.54, 1.807) is 18.9 Å². The molecule has 0 aliphatic heterocycles. The fourth-order valence-electron chi connectivity index (χ4n) is 1.76. The van der Waals surface area contributed by atoms with E-state index >= 15 is 0 Å². The zero-order chi connectivity index (χ0) is 13.1. The SMILES string of the molecule is COc1cc2ccn(NCC(N)=O)c2cc1OC. The second kappa shape index (κ2) is 4.87. The van der Waals surface area contributed by atoms with Crippen molar-refractivity contribution in [2.75, 3.05) is 26.2 Å². The van der Waals surface area contributed by atoms with Crippen molar-refractivity contribution < 1.29 is 14.3 Å². The minimum absolute atomic E-state index is 0.0676. The lowest BCUT2D eigenvalue weighted by atomic mass is 10.2. The van der Waals surface area contributed by atoms with Crippen LogP contribution in [0.5, 0.6) is 11.5 Å². The summed E-state index contributed by atoms with van der Waals surface area (Å²) in [5.74, 6) is 0.876. The molecule has 6 nitrogen and oxygen atoms in total. The summed E-state index contributed by atoms with van der Waals surface area (Å²) >= 11 is 0. The normalized spacial score (nSPS) is 10.3. The third kappa shape index (κ3) is 2.17. The maximum Gasteiger partial charge on any atom is 0.238 e. The minimum Gasteiger partial charge on any atom is -0.493 e. The number of rotatable bonds is 5. The van der Waals surface area contributed by atoms with E-state index in [0.717, 1.165) is 10.9 Å². The number of amides is 1. The summed E-state index contributed by atoms with van der Waals surface area (Å²) in [5.41, 5.74) is 8.88. The summed E-state index contributed by atoms with van der Waals surface area (Å²) < 4.78 is 12.2. The van der Waals surface area contributed by atoms with Crippen molar-refractivity contribution >= 4 is 16.8 Å². The van der Waals surface area contributed by atoms with Crippen molar-refractivity contribution in [1.82, 2.24) is 4.68 Å². The molecule has 0 atom stereocenters. The van der Waals surface area contributed by atoms with Gasteiger partial charge in [0.1, 0.15) is 6.54 Å². The van der Waals surface area contributed by atoms with Crippen LogP contribution < -0.4 is 20.6 Å². The summed E-state index contributed by atoms with van der Waals surface area (Å²) in [6, 6.07) is 5.62. The molecular weight excluding hydrogens is 234 g/mol. The molecule has 0 saturated heterocycles. The molecule has 3 N–H and O–H groups in total. The summed E-state index contributed by atoms with van der Waals surface area (Å²) in [7, 11) is 3.17. The number of nitrogens with one attached hydrogen (secondary N) is 1. The zero-order valence-electron chi connectivity index (χ0n) is 10.3. The van der Waals surface area contributed by atoms with Crippen molar-refractivity contribution in [3.63, 3.8) is 0 Å². The van der Waals surface area contributed by atoms with Gasteiger partial charge in [0.2, 0.25) is 5.91 Å². The van der Waals surface area contributed by atoms with Crippen LogP contribution in [0.15, 0.2) is 24.4 Å². The van der Waals surface area contributed by atoms with E-state index in [-0.39, 0.29) is 6.54 Å². The zero-order valence-corrected chi connectivity index (χ0v) is 10.3. The molecule has 0 saturated carbocycles. The second-order valence-electron chi connectivity index (χ2n) is 3.75. The number of primary amides is 1. The number of carbonyl (C=O) groups is 1. The summed E-state index contributed by atoms with van der Waals surface area (Å²) in [6.45, 7) is 0.0676. The molecule has 18 heavy (non-hydrogen) atoms. The van der Waals surface area contributed by atoms with Crippen LogP contribution in [0.4, 0.5) is 0 Å². The highest BCUT2D eigenvalue weighted by Crippen LogP contribution is 2.32. The van der Waals surface area contributed by atoms with Crippen LogP contribution in [-0.2, 0) is 4.79 Å².